The van der Waals surface area contributed by atoms with Gasteiger partial charge in [0.1, 0.15) is 5.75 Å². The monoisotopic (exact) mass is 411 g/mol. The van der Waals surface area contributed by atoms with E-state index in [2.05, 4.69) is 10.2 Å². The van der Waals surface area contributed by atoms with Gasteiger partial charge in [0, 0.05) is 19.2 Å². The van der Waals surface area contributed by atoms with Crippen LogP contribution in [-0.4, -0.2) is 44.6 Å². The highest BCUT2D eigenvalue weighted by atomic mass is 32.2. The Bertz CT molecular complexity index is 943. The molecule has 1 aromatic heterocycles. The molecule has 0 saturated heterocycles. The van der Waals surface area contributed by atoms with Gasteiger partial charge in [-0.1, -0.05) is 42.1 Å². The lowest BCUT2D eigenvalue weighted by molar-refractivity contribution is -0.129. The van der Waals surface area contributed by atoms with Gasteiger partial charge in [-0.2, -0.15) is 0 Å². The Morgan fingerprint density at radius 1 is 1.17 bits per heavy atom. The quantitative estimate of drug-likeness (QED) is 0.452. The van der Waals surface area contributed by atoms with Gasteiger partial charge in [-0.05, 0) is 43.7 Å². The molecular weight excluding hydrogens is 386 g/mol. The molecule has 1 amide bonds. The molecule has 3 rings (SSSR count). The minimum atomic E-state index is -0.344. The molecule has 0 aliphatic rings. The Labute approximate surface area is 174 Å². The van der Waals surface area contributed by atoms with E-state index in [0.29, 0.717) is 24.1 Å². The maximum atomic E-state index is 12.7. The van der Waals surface area contributed by atoms with Crippen molar-refractivity contribution in [3.63, 3.8) is 0 Å². The molecule has 3 aromatic rings. The molecule has 1 heterocycles. The van der Waals surface area contributed by atoms with Crippen LogP contribution in [0.5, 0.6) is 5.75 Å². The number of ether oxygens (including phenoxy) is 1. The lowest BCUT2D eigenvalue weighted by Crippen LogP contribution is -2.33. The number of hydrogen-bond acceptors (Lipinski definition) is 6. The standard InChI is InChI=1S/C21H25N5O2S/c1-4-28-18-12-10-17(11-13-18)19-23-24-21(26(19)22)29-15(2)20(27)25(3)14-16-8-6-5-7-9-16/h5-13,15H,4,14,22H2,1-3H3/t15-/m0/s1. The first-order valence-corrected chi connectivity index (χ1v) is 10.3. The third-order valence-corrected chi connectivity index (χ3v) is 5.40. The van der Waals surface area contributed by atoms with E-state index in [9.17, 15) is 4.79 Å². The van der Waals surface area contributed by atoms with Gasteiger partial charge in [-0.15, -0.1) is 10.2 Å². The van der Waals surface area contributed by atoms with Gasteiger partial charge in [0.15, 0.2) is 5.82 Å². The smallest absolute Gasteiger partial charge is 0.235 e. The lowest BCUT2D eigenvalue weighted by atomic mass is 10.2. The van der Waals surface area contributed by atoms with Crippen LogP contribution in [0, 0.1) is 0 Å². The van der Waals surface area contributed by atoms with E-state index >= 15 is 0 Å². The highest BCUT2D eigenvalue weighted by molar-refractivity contribution is 8.00. The first-order valence-electron chi connectivity index (χ1n) is 9.39. The van der Waals surface area contributed by atoms with Crippen LogP contribution in [-0.2, 0) is 11.3 Å². The molecule has 0 aliphatic carbocycles. The predicted octanol–water partition coefficient (Wildman–Crippen LogP) is 3.20. The summed E-state index contributed by atoms with van der Waals surface area (Å²) in [6.45, 7) is 4.95. The summed E-state index contributed by atoms with van der Waals surface area (Å²) >= 11 is 1.29. The molecule has 29 heavy (non-hydrogen) atoms. The minimum absolute atomic E-state index is 0.00414. The maximum absolute atomic E-state index is 12.7. The van der Waals surface area contributed by atoms with Gasteiger partial charge >= 0.3 is 0 Å². The van der Waals surface area contributed by atoms with Crippen molar-refractivity contribution >= 4 is 17.7 Å². The fraction of sp³-hybridized carbons (Fsp3) is 0.286. The molecule has 2 aromatic carbocycles. The minimum Gasteiger partial charge on any atom is -0.494 e. The van der Waals surface area contributed by atoms with Crippen LogP contribution in [0.2, 0.25) is 0 Å². The second-order valence-corrected chi connectivity index (χ2v) is 7.88. The van der Waals surface area contributed by atoms with Crippen molar-refractivity contribution in [2.45, 2.75) is 30.8 Å². The average Bonchev–Trinajstić information content (AvgIpc) is 3.09. The summed E-state index contributed by atoms with van der Waals surface area (Å²) in [6, 6.07) is 17.4. The van der Waals surface area contributed by atoms with Gasteiger partial charge in [-0.25, -0.2) is 4.68 Å². The third kappa shape index (κ3) is 5.08. The normalized spacial score (nSPS) is 11.8. The highest BCUT2D eigenvalue weighted by Gasteiger charge is 2.22. The Balaban J connectivity index is 1.66. The number of amides is 1. The Morgan fingerprint density at radius 3 is 2.52 bits per heavy atom. The molecule has 0 unspecified atom stereocenters. The van der Waals surface area contributed by atoms with E-state index in [1.807, 2.05) is 68.4 Å². The van der Waals surface area contributed by atoms with Crippen molar-refractivity contribution in [1.82, 2.24) is 19.8 Å². The SMILES string of the molecule is CCOc1ccc(-c2nnc(S[C@@H](C)C(=O)N(C)Cc3ccccc3)n2N)cc1. The van der Waals surface area contributed by atoms with E-state index in [0.717, 1.165) is 16.9 Å². The summed E-state index contributed by atoms with van der Waals surface area (Å²) in [5, 5.41) is 8.50. The number of benzene rings is 2. The Morgan fingerprint density at radius 2 is 1.86 bits per heavy atom. The average molecular weight is 412 g/mol. The number of thioether (sulfide) groups is 1. The van der Waals surface area contributed by atoms with Crippen LogP contribution < -0.4 is 10.6 Å². The first-order chi connectivity index (χ1) is 14.0. The van der Waals surface area contributed by atoms with Crippen LogP contribution in [0.4, 0.5) is 0 Å². The van der Waals surface area contributed by atoms with Gasteiger partial charge in [0.2, 0.25) is 11.1 Å². The van der Waals surface area contributed by atoms with Crippen molar-refractivity contribution in [2.24, 2.45) is 0 Å². The lowest BCUT2D eigenvalue weighted by Gasteiger charge is -2.21. The number of nitrogen functional groups attached to an aromatic ring is 1. The Kier molecular flexibility index (Phi) is 6.77. The molecular formula is C21H25N5O2S. The van der Waals surface area contributed by atoms with Crippen molar-refractivity contribution in [3.05, 3.63) is 60.2 Å². The fourth-order valence-corrected chi connectivity index (χ4v) is 3.76. The summed E-state index contributed by atoms with van der Waals surface area (Å²) in [5.41, 5.74) is 1.91. The molecule has 8 heteroatoms. The van der Waals surface area contributed by atoms with Crippen LogP contribution >= 0.6 is 11.8 Å². The zero-order valence-corrected chi connectivity index (χ0v) is 17.6. The van der Waals surface area contributed by atoms with Gasteiger partial charge < -0.3 is 15.5 Å². The molecule has 0 aliphatic heterocycles. The van der Waals surface area contributed by atoms with E-state index in [-0.39, 0.29) is 11.2 Å². The number of nitrogens with zero attached hydrogens (tertiary/aromatic N) is 4. The molecule has 2 N–H and O–H groups in total. The van der Waals surface area contributed by atoms with Crippen LogP contribution in [0.25, 0.3) is 11.4 Å². The molecule has 7 nitrogen and oxygen atoms in total. The topological polar surface area (TPSA) is 86.3 Å². The molecule has 0 saturated carbocycles. The molecule has 152 valence electrons. The zero-order valence-electron chi connectivity index (χ0n) is 16.8. The van der Waals surface area contributed by atoms with Gasteiger partial charge in [0.05, 0.1) is 11.9 Å². The summed E-state index contributed by atoms with van der Waals surface area (Å²) in [4.78, 5) is 14.4. The van der Waals surface area contributed by atoms with Crippen LogP contribution in [0.15, 0.2) is 59.8 Å². The largest absolute Gasteiger partial charge is 0.494 e. The highest BCUT2D eigenvalue weighted by Crippen LogP contribution is 2.26. The second-order valence-electron chi connectivity index (χ2n) is 6.57. The molecule has 0 radical (unpaired) electrons. The van der Waals surface area contributed by atoms with E-state index in [4.69, 9.17) is 10.6 Å². The predicted molar refractivity (Wildman–Crippen MR) is 115 cm³/mol. The fourth-order valence-electron chi connectivity index (χ4n) is 2.88. The van der Waals surface area contributed by atoms with Gasteiger partial charge in [0.25, 0.3) is 0 Å². The van der Waals surface area contributed by atoms with Crippen LogP contribution in [0.1, 0.15) is 19.4 Å². The number of rotatable bonds is 8. The number of hydrogen-bond donors (Lipinski definition) is 1. The zero-order chi connectivity index (χ0) is 20.8. The first kappa shape index (κ1) is 20.7. The summed E-state index contributed by atoms with van der Waals surface area (Å²) < 4.78 is 6.87. The van der Waals surface area contributed by atoms with Crippen molar-refractivity contribution in [3.8, 4) is 17.1 Å². The number of carbonyl (C=O) groups excluding carboxylic acids is 1. The summed E-state index contributed by atoms with van der Waals surface area (Å²) in [7, 11) is 1.80. The second kappa shape index (κ2) is 9.47. The number of aromatic nitrogens is 3. The van der Waals surface area contributed by atoms with Crippen molar-refractivity contribution in [2.75, 3.05) is 19.5 Å². The van der Waals surface area contributed by atoms with Crippen molar-refractivity contribution in [1.29, 1.82) is 0 Å². The van der Waals surface area contributed by atoms with Crippen LogP contribution in [0.3, 0.4) is 0 Å². The van der Waals surface area contributed by atoms with E-state index in [1.165, 1.54) is 16.4 Å². The number of nitrogens with two attached hydrogens (primary N) is 1. The summed E-state index contributed by atoms with van der Waals surface area (Å²) in [6.07, 6.45) is 0. The van der Waals surface area contributed by atoms with Gasteiger partial charge in [-0.3, -0.25) is 4.79 Å². The molecule has 1 atom stereocenters. The van der Waals surface area contributed by atoms with E-state index < -0.39 is 0 Å². The number of carbonyl (C=O) groups is 1. The maximum Gasteiger partial charge on any atom is 0.235 e. The van der Waals surface area contributed by atoms with E-state index in [1.54, 1.807) is 11.9 Å². The van der Waals surface area contributed by atoms with Crippen molar-refractivity contribution < 1.29 is 9.53 Å². The third-order valence-electron chi connectivity index (χ3n) is 4.36. The Hall–Kier alpha value is -3.00. The molecule has 0 bridgehead atoms. The molecule has 0 spiro atoms. The molecule has 0 fully saturated rings. The summed E-state index contributed by atoms with van der Waals surface area (Å²) in [5.74, 6) is 7.52.